The minimum atomic E-state index is -1.59. The molecule has 4 heteroatoms. The first kappa shape index (κ1) is 5.20. The van der Waals surface area contributed by atoms with Gasteiger partial charge in [0.15, 0.2) is 6.80 Å². The number of alkyl halides is 1. The summed E-state index contributed by atoms with van der Waals surface area (Å²) >= 11 is 0. The molecule has 0 atom stereocenters. The van der Waals surface area contributed by atoms with Crippen LogP contribution < -0.4 is 5.32 Å². The smallest absolute Gasteiger partial charge is 0.291 e. The van der Waals surface area contributed by atoms with Gasteiger partial charge in [-0.25, -0.2) is 14.3 Å². The van der Waals surface area contributed by atoms with E-state index in [9.17, 15) is 4.39 Å². The summed E-state index contributed by atoms with van der Waals surface area (Å²) in [5, 5.41) is 10.5. The van der Waals surface area contributed by atoms with Crippen LogP contribution in [0.2, 0.25) is 0 Å². The maximum atomic E-state index is 10.7. The molecule has 1 N–H and O–H groups in total. The highest BCUT2D eigenvalue weighted by molar-refractivity contribution is 5.63. The van der Waals surface area contributed by atoms with E-state index in [0.29, 0.717) is 0 Å². The van der Waals surface area contributed by atoms with Gasteiger partial charge in [0, 0.05) is 0 Å². The van der Waals surface area contributed by atoms with Gasteiger partial charge in [-0.2, -0.15) is 0 Å². The Kier molecular flexibility index (Phi) is 2.11. The molecule has 0 unspecified atom stereocenters. The first-order valence-corrected chi connectivity index (χ1v) is 1.28. The number of hydrogen-bond acceptors (Lipinski definition) is 1. The van der Waals surface area contributed by atoms with E-state index in [-0.39, 0.29) is 0 Å². The number of nitrogens with one attached hydrogen (secondary N) is 1. The molecule has 0 aliphatic carbocycles. The molecule has 35 valence electrons. The van der Waals surface area contributed by atoms with Crippen LogP contribution in [0, 0.1) is 0 Å². The molecule has 0 heterocycles. The summed E-state index contributed by atoms with van der Waals surface area (Å²) in [5.41, 5.74) is 0. The molecule has 0 saturated heterocycles. The van der Waals surface area contributed by atoms with Crippen LogP contribution >= 0.6 is 0 Å². The van der Waals surface area contributed by atoms with Crippen molar-refractivity contribution in [1.82, 2.24) is 5.32 Å². The van der Waals surface area contributed by atoms with Crippen molar-refractivity contribution >= 4 is 6.09 Å². The summed E-state index contributed by atoms with van der Waals surface area (Å²) in [6.07, 6.45) is -1.59. The summed E-state index contributed by atoms with van der Waals surface area (Å²) in [6, 6.07) is 0. The molecule has 0 aliphatic rings. The fraction of sp³-hybridized carbons (Fsp3) is 0.500. The van der Waals surface area contributed by atoms with Gasteiger partial charge in [0.25, 0.3) is 0 Å². The highest BCUT2D eigenvalue weighted by Crippen LogP contribution is 1.59. The fourth-order valence-corrected chi connectivity index (χ4v) is 0.0546. The number of hydrogen-bond donors (Lipinski definition) is 1. The molecule has 0 aromatic heterocycles. The van der Waals surface area contributed by atoms with Crippen molar-refractivity contribution in [2.75, 3.05) is 6.80 Å². The van der Waals surface area contributed by atoms with Crippen LogP contribution in [0.15, 0.2) is 0 Å². The van der Waals surface area contributed by atoms with Crippen molar-refractivity contribution in [3.63, 3.8) is 0 Å². The van der Waals surface area contributed by atoms with E-state index in [2.05, 4.69) is 0 Å². The van der Waals surface area contributed by atoms with Crippen LogP contribution in [0.3, 0.4) is 0 Å². The lowest BCUT2D eigenvalue weighted by Crippen LogP contribution is -2.17. The number of amides is 1. The van der Waals surface area contributed by atoms with E-state index in [4.69, 9.17) is 9.90 Å². The van der Waals surface area contributed by atoms with Gasteiger partial charge in [0.2, 0.25) is 0 Å². The van der Waals surface area contributed by atoms with Crippen LogP contribution in [0.25, 0.3) is 0 Å². The Morgan fingerprint density at radius 1 is 1.83 bits per heavy atom. The molecule has 0 aliphatic heterocycles. The molecule has 1 radical (unpaired) electrons. The zero-order valence-electron chi connectivity index (χ0n) is 2.90. The Morgan fingerprint density at radius 3 is 2.33 bits per heavy atom. The van der Waals surface area contributed by atoms with Gasteiger partial charge in [-0.3, -0.25) is 5.32 Å². The Bertz CT molecular complexity index is 55.5. The molecule has 0 bridgehead atoms. The van der Waals surface area contributed by atoms with Gasteiger partial charge < -0.3 is 0 Å². The van der Waals surface area contributed by atoms with Crippen molar-refractivity contribution in [1.29, 1.82) is 0 Å². The highest BCUT2D eigenvalue weighted by atomic mass is 19.1. The zero-order valence-corrected chi connectivity index (χ0v) is 2.90. The minimum Gasteiger partial charge on any atom is -0.291 e. The minimum absolute atomic E-state index is 1.08. The van der Waals surface area contributed by atoms with Crippen molar-refractivity contribution in [2.24, 2.45) is 0 Å². The van der Waals surface area contributed by atoms with Crippen LogP contribution in [0.5, 0.6) is 0 Å². The van der Waals surface area contributed by atoms with Crippen molar-refractivity contribution in [3.8, 4) is 0 Å². The van der Waals surface area contributed by atoms with Crippen LogP contribution in [-0.4, -0.2) is 12.9 Å². The van der Waals surface area contributed by atoms with Crippen LogP contribution in [0.4, 0.5) is 9.18 Å². The second kappa shape index (κ2) is 2.44. The van der Waals surface area contributed by atoms with Gasteiger partial charge in [-0.05, 0) is 0 Å². The number of carbonyl (C=O) groups is 1. The van der Waals surface area contributed by atoms with Gasteiger partial charge in [0.05, 0.1) is 0 Å². The monoisotopic (exact) mass is 92.0 g/mol. The van der Waals surface area contributed by atoms with E-state index in [1.165, 1.54) is 5.32 Å². The molecule has 0 fully saturated rings. The standard InChI is InChI=1S/C2H3FNO2/c3-1-4-2(5)6/h4H,1H2. The molecule has 0 rings (SSSR count). The summed E-state index contributed by atoms with van der Waals surface area (Å²) in [5.74, 6) is 0. The maximum absolute atomic E-state index is 10.7. The summed E-state index contributed by atoms with van der Waals surface area (Å²) in [4.78, 5) is 9.14. The average Bonchev–Trinajstić information content (AvgIpc) is 1.35. The second-order valence-electron chi connectivity index (χ2n) is 0.598. The van der Waals surface area contributed by atoms with E-state index >= 15 is 0 Å². The number of rotatable bonds is 1. The fourth-order valence-electron chi connectivity index (χ4n) is 0.0546. The zero-order chi connectivity index (χ0) is 4.99. The predicted octanol–water partition coefficient (Wildman–Crippen LogP) is 0.0535. The van der Waals surface area contributed by atoms with Crippen molar-refractivity contribution < 1.29 is 14.3 Å². The lowest BCUT2D eigenvalue weighted by atomic mass is 11.1. The average molecular weight is 92.0 g/mol. The largest absolute Gasteiger partial charge is 0.452 e. The summed E-state index contributed by atoms with van der Waals surface area (Å²) < 4.78 is 10.7. The SMILES string of the molecule is [O]C(=O)NCF. The first-order chi connectivity index (χ1) is 2.77. The van der Waals surface area contributed by atoms with E-state index in [1.807, 2.05) is 0 Å². The predicted molar refractivity (Wildman–Crippen MR) is 15.2 cm³/mol. The second-order valence-corrected chi connectivity index (χ2v) is 0.598. The third-order valence-electron chi connectivity index (χ3n) is 0.211. The molecule has 0 saturated carbocycles. The van der Waals surface area contributed by atoms with Gasteiger partial charge in [-0.15, -0.1) is 0 Å². The third-order valence-corrected chi connectivity index (χ3v) is 0.211. The molecule has 0 aromatic carbocycles. The van der Waals surface area contributed by atoms with Crippen molar-refractivity contribution in [2.45, 2.75) is 0 Å². The van der Waals surface area contributed by atoms with E-state index in [1.54, 1.807) is 0 Å². The third kappa shape index (κ3) is 3.20. The summed E-state index contributed by atoms with van der Waals surface area (Å²) in [6.45, 7) is -1.08. The van der Waals surface area contributed by atoms with Gasteiger partial charge in [0.1, 0.15) is 0 Å². The molecular weight excluding hydrogens is 89.0 g/mol. The van der Waals surface area contributed by atoms with Crippen LogP contribution in [0.1, 0.15) is 0 Å². The Labute approximate surface area is 33.8 Å². The molecule has 0 aromatic rings. The maximum Gasteiger partial charge on any atom is 0.452 e. The quantitative estimate of drug-likeness (QED) is 0.456. The topological polar surface area (TPSA) is 49.0 Å². The highest BCUT2D eigenvalue weighted by Gasteiger charge is 1.89. The summed E-state index contributed by atoms with van der Waals surface area (Å²) in [7, 11) is 0. The van der Waals surface area contributed by atoms with Gasteiger partial charge in [-0.1, -0.05) is 0 Å². The normalized spacial score (nSPS) is 7.50. The molecule has 6 heavy (non-hydrogen) atoms. The van der Waals surface area contributed by atoms with Crippen molar-refractivity contribution in [3.05, 3.63) is 0 Å². The number of carbonyl (C=O) groups excluding carboxylic acids is 1. The Morgan fingerprint density at radius 2 is 2.33 bits per heavy atom. The Hall–Kier alpha value is -0.800. The van der Waals surface area contributed by atoms with Crippen LogP contribution in [-0.2, 0) is 5.11 Å². The molecular formula is C2H3FNO2. The molecule has 3 nitrogen and oxygen atoms in total. The van der Waals surface area contributed by atoms with E-state index in [0.717, 1.165) is 0 Å². The Balaban J connectivity index is 2.83. The lowest BCUT2D eigenvalue weighted by molar-refractivity contribution is 0.163. The number of halogens is 1. The molecule has 1 amide bonds. The molecule has 0 spiro atoms. The lowest BCUT2D eigenvalue weighted by Gasteiger charge is -1.80. The van der Waals surface area contributed by atoms with E-state index < -0.39 is 12.9 Å². The van der Waals surface area contributed by atoms with Gasteiger partial charge >= 0.3 is 6.09 Å². The first-order valence-electron chi connectivity index (χ1n) is 1.28.